The van der Waals surface area contributed by atoms with E-state index in [2.05, 4.69) is 20.4 Å². The van der Waals surface area contributed by atoms with E-state index in [4.69, 9.17) is 4.74 Å². The van der Waals surface area contributed by atoms with Crippen LogP contribution in [0.1, 0.15) is 33.1 Å². The van der Waals surface area contributed by atoms with Crippen LogP contribution in [0, 0.1) is 11.8 Å². The fourth-order valence-corrected chi connectivity index (χ4v) is 1.97. The fraction of sp³-hybridized carbons (Fsp3) is 0.833. The second-order valence-electron chi connectivity index (χ2n) is 4.31. The van der Waals surface area contributed by atoms with Crippen molar-refractivity contribution in [1.82, 2.24) is 0 Å². The second kappa shape index (κ2) is 5.52. The summed E-state index contributed by atoms with van der Waals surface area (Å²) in [6.45, 7) is 9.75. The molecule has 0 unspecified atom stereocenters. The molecular weight excluding hydrogens is 176 g/mol. The summed E-state index contributed by atoms with van der Waals surface area (Å²) < 4.78 is 5.53. The summed E-state index contributed by atoms with van der Waals surface area (Å²) in [5, 5.41) is 9.75. The minimum Gasteiger partial charge on any atom is -0.392 e. The average Bonchev–Trinajstić information content (AvgIpc) is 2.38. The van der Waals surface area contributed by atoms with Gasteiger partial charge in [-0.05, 0) is 18.8 Å². The molecule has 0 aliphatic heterocycles. The summed E-state index contributed by atoms with van der Waals surface area (Å²) >= 11 is 0. The molecule has 0 aromatic rings. The number of hydrogen-bond acceptors (Lipinski definition) is 2. The number of aliphatic hydroxyl groups excluding tert-OH is 1. The number of ether oxygens (including phenoxy) is 1. The summed E-state index contributed by atoms with van der Waals surface area (Å²) in [5.41, 5.74) is 1.16. The van der Waals surface area contributed by atoms with Crippen LogP contribution in [0.3, 0.4) is 0 Å². The Morgan fingerprint density at radius 1 is 1.57 bits per heavy atom. The quantitative estimate of drug-likeness (QED) is 0.543. The number of unbranched alkanes of at least 4 members (excludes halogenated alkanes) is 1. The molecule has 0 aromatic heterocycles. The van der Waals surface area contributed by atoms with Gasteiger partial charge >= 0.3 is 0 Å². The van der Waals surface area contributed by atoms with Gasteiger partial charge in [-0.1, -0.05) is 32.4 Å². The van der Waals surface area contributed by atoms with E-state index in [1.807, 2.05) is 0 Å². The van der Waals surface area contributed by atoms with E-state index in [0.717, 1.165) is 31.4 Å². The van der Waals surface area contributed by atoms with Crippen molar-refractivity contribution in [3.05, 3.63) is 12.2 Å². The smallest absolute Gasteiger partial charge is 0.0633 e. The number of aliphatic hydroxyl groups is 1. The van der Waals surface area contributed by atoms with Gasteiger partial charge in [0.25, 0.3) is 0 Å². The van der Waals surface area contributed by atoms with Crippen molar-refractivity contribution in [3.63, 3.8) is 0 Å². The molecule has 0 spiro atoms. The largest absolute Gasteiger partial charge is 0.392 e. The van der Waals surface area contributed by atoms with E-state index >= 15 is 0 Å². The molecule has 0 saturated heterocycles. The number of rotatable bonds is 5. The van der Waals surface area contributed by atoms with Crippen molar-refractivity contribution in [3.8, 4) is 0 Å². The molecule has 0 aromatic carbocycles. The monoisotopic (exact) mass is 198 g/mol. The summed E-state index contributed by atoms with van der Waals surface area (Å²) in [6.07, 6.45) is 2.87. The number of hydrogen-bond donors (Lipinski definition) is 1. The van der Waals surface area contributed by atoms with E-state index in [1.165, 1.54) is 0 Å². The van der Waals surface area contributed by atoms with Gasteiger partial charge in [0.2, 0.25) is 0 Å². The standard InChI is InChI=1S/C12H22O2/c1-4-5-6-14-8-11-10(3)9(2)7-12(11)13/h9,11-13H,3-8H2,1-2H3/t9-,11-,12-/m0/s1. The van der Waals surface area contributed by atoms with Crippen LogP contribution < -0.4 is 0 Å². The third-order valence-electron chi connectivity index (χ3n) is 3.11. The predicted molar refractivity (Wildman–Crippen MR) is 58.1 cm³/mol. The summed E-state index contributed by atoms with van der Waals surface area (Å²) in [5.74, 6) is 0.617. The van der Waals surface area contributed by atoms with Crippen molar-refractivity contribution in [1.29, 1.82) is 0 Å². The lowest BCUT2D eigenvalue weighted by molar-refractivity contribution is 0.0538. The lowest BCUT2D eigenvalue weighted by Crippen LogP contribution is -2.20. The highest BCUT2D eigenvalue weighted by atomic mass is 16.5. The van der Waals surface area contributed by atoms with Crippen molar-refractivity contribution in [2.75, 3.05) is 13.2 Å². The highest BCUT2D eigenvalue weighted by Gasteiger charge is 2.33. The predicted octanol–water partition coefficient (Wildman–Crippen LogP) is 2.38. The topological polar surface area (TPSA) is 29.5 Å². The summed E-state index contributed by atoms with van der Waals surface area (Å²) in [6, 6.07) is 0. The van der Waals surface area contributed by atoms with E-state index in [9.17, 15) is 5.11 Å². The first-order chi connectivity index (χ1) is 6.66. The fourth-order valence-electron chi connectivity index (χ4n) is 1.97. The molecule has 0 heterocycles. The highest BCUT2D eigenvalue weighted by molar-refractivity contribution is 5.13. The van der Waals surface area contributed by atoms with Gasteiger partial charge in [-0.3, -0.25) is 0 Å². The maximum Gasteiger partial charge on any atom is 0.0633 e. The Bertz CT molecular complexity index is 189. The van der Waals surface area contributed by atoms with Crippen LogP contribution in [0.4, 0.5) is 0 Å². The molecule has 1 aliphatic carbocycles. The van der Waals surface area contributed by atoms with Crippen LogP contribution in [0.2, 0.25) is 0 Å². The van der Waals surface area contributed by atoms with Crippen molar-refractivity contribution in [2.45, 2.75) is 39.2 Å². The zero-order valence-electron chi connectivity index (χ0n) is 9.33. The van der Waals surface area contributed by atoms with E-state index in [1.54, 1.807) is 0 Å². The van der Waals surface area contributed by atoms with Crippen molar-refractivity contribution < 1.29 is 9.84 Å². The molecule has 0 bridgehead atoms. The summed E-state index contributed by atoms with van der Waals surface area (Å²) in [4.78, 5) is 0. The Balaban J connectivity index is 2.26. The van der Waals surface area contributed by atoms with Gasteiger partial charge in [0.15, 0.2) is 0 Å². The van der Waals surface area contributed by atoms with Crippen LogP contribution in [-0.2, 0) is 4.74 Å². The van der Waals surface area contributed by atoms with E-state index in [-0.39, 0.29) is 12.0 Å². The third-order valence-corrected chi connectivity index (χ3v) is 3.11. The van der Waals surface area contributed by atoms with Gasteiger partial charge in [0, 0.05) is 12.5 Å². The maximum absolute atomic E-state index is 9.75. The van der Waals surface area contributed by atoms with E-state index < -0.39 is 0 Å². The highest BCUT2D eigenvalue weighted by Crippen LogP contribution is 2.35. The molecule has 1 saturated carbocycles. The molecule has 1 fully saturated rings. The maximum atomic E-state index is 9.75. The first-order valence-corrected chi connectivity index (χ1v) is 5.61. The molecule has 14 heavy (non-hydrogen) atoms. The van der Waals surface area contributed by atoms with E-state index in [0.29, 0.717) is 12.5 Å². The minimum atomic E-state index is -0.237. The van der Waals surface area contributed by atoms with Crippen LogP contribution >= 0.6 is 0 Å². The first kappa shape index (κ1) is 11.7. The average molecular weight is 198 g/mol. The summed E-state index contributed by atoms with van der Waals surface area (Å²) in [7, 11) is 0. The molecule has 1 rings (SSSR count). The van der Waals surface area contributed by atoms with Crippen molar-refractivity contribution in [2.24, 2.45) is 11.8 Å². The zero-order chi connectivity index (χ0) is 10.6. The molecule has 3 atom stereocenters. The normalized spacial score (nSPS) is 32.5. The SMILES string of the molecule is C=C1[C@@H](C)C[C@H](O)[C@H]1COCCCC. The Kier molecular flexibility index (Phi) is 4.63. The van der Waals surface area contributed by atoms with Gasteiger partial charge in [-0.25, -0.2) is 0 Å². The molecule has 0 radical (unpaired) electrons. The molecule has 1 N–H and O–H groups in total. The Hall–Kier alpha value is -0.340. The van der Waals surface area contributed by atoms with Crippen LogP contribution in [-0.4, -0.2) is 24.4 Å². The second-order valence-corrected chi connectivity index (χ2v) is 4.31. The van der Waals surface area contributed by atoms with Gasteiger partial charge in [-0.2, -0.15) is 0 Å². The van der Waals surface area contributed by atoms with Gasteiger partial charge in [0.1, 0.15) is 0 Å². The molecule has 2 heteroatoms. The Morgan fingerprint density at radius 2 is 2.29 bits per heavy atom. The molecule has 0 amide bonds. The third kappa shape index (κ3) is 2.82. The Morgan fingerprint density at radius 3 is 2.79 bits per heavy atom. The van der Waals surface area contributed by atoms with Gasteiger partial charge in [-0.15, -0.1) is 0 Å². The molecule has 2 nitrogen and oxygen atoms in total. The molecule has 82 valence electrons. The molecule has 1 aliphatic rings. The van der Waals surface area contributed by atoms with Gasteiger partial charge < -0.3 is 9.84 Å². The lowest BCUT2D eigenvalue weighted by atomic mass is 10.0. The lowest BCUT2D eigenvalue weighted by Gasteiger charge is -2.16. The first-order valence-electron chi connectivity index (χ1n) is 5.61. The van der Waals surface area contributed by atoms with Gasteiger partial charge in [0.05, 0.1) is 12.7 Å². The zero-order valence-corrected chi connectivity index (χ0v) is 9.33. The minimum absolute atomic E-state index is 0.168. The molecular formula is C12H22O2. The van der Waals surface area contributed by atoms with Crippen molar-refractivity contribution >= 4 is 0 Å². The Labute approximate surface area is 87.0 Å². The van der Waals surface area contributed by atoms with Crippen LogP contribution in [0.25, 0.3) is 0 Å². The van der Waals surface area contributed by atoms with Crippen LogP contribution in [0.15, 0.2) is 12.2 Å². The van der Waals surface area contributed by atoms with Crippen LogP contribution in [0.5, 0.6) is 0 Å².